The summed E-state index contributed by atoms with van der Waals surface area (Å²) in [6.45, 7) is 4.13. The fraction of sp³-hybridized carbons (Fsp3) is 0.846. The van der Waals surface area contributed by atoms with Crippen LogP contribution in [0.25, 0.3) is 0 Å². The third kappa shape index (κ3) is 55.5. The summed E-state index contributed by atoms with van der Waals surface area (Å²) in [5.74, 6) is -0.183. The van der Waals surface area contributed by atoms with Crippen molar-refractivity contribution >= 4 is 11.9 Å². The summed E-state index contributed by atoms with van der Waals surface area (Å²) in [4.78, 5) is 25.1. The highest BCUT2D eigenvalue weighted by molar-refractivity contribution is 5.76. The number of hydrogen-bond donors (Lipinski definition) is 6. The minimum atomic E-state index is -1.58. The minimum Gasteiger partial charge on any atom is -0.466 e. The highest BCUT2D eigenvalue weighted by Crippen LogP contribution is 2.23. The zero-order valence-electron chi connectivity index (χ0n) is 57.9. The lowest BCUT2D eigenvalue weighted by Crippen LogP contribution is -2.60. The standard InChI is InChI=1S/C78H143NO10/c1-3-5-7-9-11-13-14-15-16-36-40-43-46-50-54-58-62-66-74(83)87-67-63-59-55-51-47-44-41-38-35-33-31-29-27-25-23-21-19-17-18-20-22-24-26-28-30-32-34-37-39-42-45-49-53-57-61-65-73(82)79-70(71(81)64-60-56-52-48-12-10-8-6-4-2)69-88-78-77(86)76(85)75(84)72(68-80)89-78/h4,6,12,19,21,25,27,48,60,64,70-72,75-78,80-81,84-86H,3,5,7-11,13-18,20,22-24,26,28-47,49-59,61-63,65-69H2,1-2H3,(H,79,82)/b6-4+,21-19-,27-25-,48-12+,64-60+. The van der Waals surface area contributed by atoms with Crippen molar-refractivity contribution in [2.45, 2.75) is 403 Å². The number of ether oxygens (including phenoxy) is 3. The van der Waals surface area contributed by atoms with Crippen LogP contribution in [0.4, 0.5) is 0 Å². The van der Waals surface area contributed by atoms with Crippen molar-refractivity contribution in [3.05, 3.63) is 60.8 Å². The Morgan fingerprint density at radius 2 is 0.809 bits per heavy atom. The van der Waals surface area contributed by atoms with Gasteiger partial charge in [-0.05, 0) is 84.0 Å². The van der Waals surface area contributed by atoms with E-state index in [1.807, 2.05) is 19.1 Å². The van der Waals surface area contributed by atoms with Gasteiger partial charge in [0.2, 0.25) is 5.91 Å². The molecule has 0 radical (unpaired) electrons. The summed E-state index contributed by atoms with van der Waals surface area (Å²) in [5.41, 5.74) is 0. The van der Waals surface area contributed by atoms with Crippen LogP contribution in [0.5, 0.6) is 0 Å². The Hall–Kier alpha value is -2.64. The maximum absolute atomic E-state index is 13.0. The topological polar surface area (TPSA) is 175 Å². The van der Waals surface area contributed by atoms with Crippen LogP contribution in [0.15, 0.2) is 60.8 Å². The van der Waals surface area contributed by atoms with Crippen LogP contribution in [-0.4, -0.2) is 100 Å². The highest BCUT2D eigenvalue weighted by Gasteiger charge is 2.44. The number of esters is 1. The smallest absolute Gasteiger partial charge is 0.305 e. The first-order chi connectivity index (χ1) is 43.7. The van der Waals surface area contributed by atoms with E-state index in [4.69, 9.17) is 14.2 Å². The number of rotatable bonds is 67. The average Bonchev–Trinajstić information content (AvgIpc) is 1.92. The molecule has 1 saturated heterocycles. The van der Waals surface area contributed by atoms with E-state index in [9.17, 15) is 35.1 Å². The van der Waals surface area contributed by atoms with Crippen LogP contribution in [0, 0.1) is 0 Å². The van der Waals surface area contributed by atoms with Crippen LogP contribution in [-0.2, 0) is 23.8 Å². The van der Waals surface area contributed by atoms with Crippen LogP contribution in [0.2, 0.25) is 0 Å². The molecule has 0 aromatic rings. The van der Waals surface area contributed by atoms with Gasteiger partial charge < -0.3 is 45.1 Å². The van der Waals surface area contributed by atoms with Gasteiger partial charge >= 0.3 is 5.97 Å². The normalized spacial score (nSPS) is 18.0. The first-order valence-corrected chi connectivity index (χ1v) is 38.0. The molecule has 7 atom stereocenters. The molecule has 6 N–H and O–H groups in total. The Bertz CT molecular complexity index is 1660. The summed E-state index contributed by atoms with van der Waals surface area (Å²) < 4.78 is 16.7. The first kappa shape index (κ1) is 84.4. The number of amides is 1. The Kier molecular flexibility index (Phi) is 63.3. The first-order valence-electron chi connectivity index (χ1n) is 38.0. The van der Waals surface area contributed by atoms with Crippen molar-refractivity contribution < 1.29 is 49.3 Å². The third-order valence-electron chi connectivity index (χ3n) is 17.9. The second-order valence-corrected chi connectivity index (χ2v) is 26.4. The number of aliphatic hydroxyl groups is 5. The second kappa shape index (κ2) is 66.8. The van der Waals surface area contributed by atoms with E-state index in [1.54, 1.807) is 6.08 Å². The van der Waals surface area contributed by atoms with Gasteiger partial charge in [0.1, 0.15) is 24.4 Å². The van der Waals surface area contributed by atoms with Gasteiger partial charge in [-0.25, -0.2) is 0 Å². The van der Waals surface area contributed by atoms with Gasteiger partial charge in [-0.1, -0.05) is 325 Å². The van der Waals surface area contributed by atoms with E-state index in [1.165, 1.54) is 270 Å². The van der Waals surface area contributed by atoms with E-state index < -0.39 is 49.5 Å². The fourth-order valence-electron chi connectivity index (χ4n) is 12.0. The predicted molar refractivity (Wildman–Crippen MR) is 375 cm³/mol. The average molecular weight is 1250 g/mol. The lowest BCUT2D eigenvalue weighted by Gasteiger charge is -2.40. The molecule has 0 aliphatic carbocycles. The maximum atomic E-state index is 13.0. The van der Waals surface area contributed by atoms with Gasteiger partial charge in [0.25, 0.3) is 0 Å². The lowest BCUT2D eigenvalue weighted by molar-refractivity contribution is -0.302. The molecule has 0 aromatic carbocycles. The second-order valence-electron chi connectivity index (χ2n) is 26.4. The molecule has 520 valence electrons. The number of carbonyl (C=O) groups is 2. The molecule has 1 heterocycles. The van der Waals surface area contributed by atoms with Crippen molar-refractivity contribution in [2.24, 2.45) is 0 Å². The number of carbonyl (C=O) groups excluding carboxylic acids is 2. The van der Waals surface area contributed by atoms with Crippen molar-refractivity contribution in [1.29, 1.82) is 0 Å². The van der Waals surface area contributed by atoms with E-state index >= 15 is 0 Å². The van der Waals surface area contributed by atoms with Crippen molar-refractivity contribution in [3.8, 4) is 0 Å². The molecule has 1 aliphatic rings. The zero-order chi connectivity index (χ0) is 64.4. The van der Waals surface area contributed by atoms with Crippen LogP contribution in [0.1, 0.15) is 361 Å². The van der Waals surface area contributed by atoms with Gasteiger partial charge in [-0.15, -0.1) is 0 Å². The summed E-state index contributed by atoms with van der Waals surface area (Å²) in [5, 5.41) is 54.2. The summed E-state index contributed by atoms with van der Waals surface area (Å²) >= 11 is 0. The van der Waals surface area contributed by atoms with Crippen molar-refractivity contribution in [2.75, 3.05) is 19.8 Å². The van der Waals surface area contributed by atoms with Gasteiger partial charge in [0.05, 0.1) is 32.0 Å². The molecule has 1 aliphatic heterocycles. The molecule has 0 bridgehead atoms. The molecule has 89 heavy (non-hydrogen) atoms. The molecule has 0 spiro atoms. The summed E-state index contributed by atoms with van der Waals surface area (Å²) in [6.07, 6.45) is 80.0. The molecule has 0 aromatic heterocycles. The van der Waals surface area contributed by atoms with Gasteiger partial charge in [-0.3, -0.25) is 9.59 Å². The Labute approximate surface area is 548 Å². The lowest BCUT2D eigenvalue weighted by atomic mass is 9.99. The van der Waals surface area contributed by atoms with Crippen LogP contribution >= 0.6 is 0 Å². The highest BCUT2D eigenvalue weighted by atomic mass is 16.7. The molecule has 7 unspecified atom stereocenters. The van der Waals surface area contributed by atoms with Gasteiger partial charge in [-0.2, -0.15) is 0 Å². The largest absolute Gasteiger partial charge is 0.466 e. The maximum Gasteiger partial charge on any atom is 0.305 e. The molecule has 1 amide bonds. The molecular formula is C78H143NO10. The number of hydrogen-bond acceptors (Lipinski definition) is 10. The molecule has 11 heteroatoms. The SMILES string of the molecule is C/C=C/CC/C=C/CC/C=C/C(O)C(COC1OC(CO)C(O)C(O)C1O)NC(=O)CCCCCCCCCCCCCCCCCCC/C=C\C/C=C\CCCCCCCCCCCCCOC(=O)CCCCCCCCCCCCCCCCCCC. The molecule has 1 rings (SSSR count). The van der Waals surface area contributed by atoms with Crippen LogP contribution in [0.3, 0.4) is 0 Å². The molecular weight excluding hydrogens is 1110 g/mol. The minimum absolute atomic E-state index is 0.0138. The van der Waals surface area contributed by atoms with E-state index in [0.29, 0.717) is 19.4 Å². The monoisotopic (exact) mass is 1250 g/mol. The number of nitrogens with one attached hydrogen (secondary N) is 1. The molecule has 1 fully saturated rings. The molecule has 0 saturated carbocycles. The van der Waals surface area contributed by atoms with Crippen molar-refractivity contribution in [3.63, 3.8) is 0 Å². The van der Waals surface area contributed by atoms with E-state index in [2.05, 4.69) is 54.8 Å². The number of allylic oxidation sites excluding steroid dienone is 9. The van der Waals surface area contributed by atoms with E-state index in [0.717, 1.165) is 64.2 Å². The third-order valence-corrected chi connectivity index (χ3v) is 17.9. The zero-order valence-corrected chi connectivity index (χ0v) is 57.9. The van der Waals surface area contributed by atoms with Gasteiger partial charge in [0, 0.05) is 12.8 Å². The number of aliphatic hydroxyl groups excluding tert-OH is 5. The van der Waals surface area contributed by atoms with Crippen molar-refractivity contribution in [1.82, 2.24) is 5.32 Å². The predicted octanol–water partition coefficient (Wildman–Crippen LogP) is 20.1. The van der Waals surface area contributed by atoms with E-state index in [-0.39, 0.29) is 18.5 Å². The number of unbranched alkanes of at least 4 members (excludes halogenated alkanes) is 46. The fourth-order valence-corrected chi connectivity index (χ4v) is 12.0. The Morgan fingerprint density at radius 3 is 1.24 bits per heavy atom. The Morgan fingerprint density at radius 1 is 0.438 bits per heavy atom. The summed E-state index contributed by atoms with van der Waals surface area (Å²) in [7, 11) is 0. The molecule has 11 nitrogen and oxygen atoms in total. The van der Waals surface area contributed by atoms with Crippen LogP contribution < -0.4 is 5.32 Å². The summed E-state index contributed by atoms with van der Waals surface area (Å²) in [6, 6.07) is -0.832. The quantitative estimate of drug-likeness (QED) is 0.0195. The Balaban J connectivity index is 1.88. The van der Waals surface area contributed by atoms with Gasteiger partial charge in [0.15, 0.2) is 6.29 Å².